The maximum Gasteiger partial charge on any atom is 0.317 e. The largest absolute Gasteiger partial charge is 0.453 e. The zero-order valence-electron chi connectivity index (χ0n) is 14.8. The first-order valence-corrected chi connectivity index (χ1v) is 8.37. The van der Waals surface area contributed by atoms with Crippen LogP contribution in [0.4, 0.5) is 9.18 Å². The molecule has 0 saturated heterocycles. The number of aromatic nitrogens is 2. The van der Waals surface area contributed by atoms with E-state index in [2.05, 4.69) is 15.3 Å². The number of hydrogen-bond donors (Lipinski definition) is 1. The maximum atomic E-state index is 14.2. The number of carbonyl (C=O) groups excluding carboxylic acids is 1. The van der Waals surface area contributed by atoms with Crippen LogP contribution in [0.15, 0.2) is 67.1 Å². The van der Waals surface area contributed by atoms with Crippen molar-refractivity contribution in [3.8, 4) is 11.5 Å². The lowest BCUT2D eigenvalue weighted by atomic mass is 10.2. The van der Waals surface area contributed by atoms with Crippen molar-refractivity contribution in [3.63, 3.8) is 0 Å². The molecule has 3 aromatic rings. The lowest BCUT2D eigenvalue weighted by Crippen LogP contribution is -2.36. The van der Waals surface area contributed by atoms with Crippen molar-refractivity contribution in [1.29, 1.82) is 0 Å². The molecule has 0 fully saturated rings. The van der Waals surface area contributed by atoms with Crippen LogP contribution in [0.3, 0.4) is 0 Å². The minimum absolute atomic E-state index is 0.102. The summed E-state index contributed by atoms with van der Waals surface area (Å²) in [5.41, 5.74) is 1.42. The standard InChI is InChI=1S/C20H19FN4O2/c1-25(14-16-5-2-3-10-23-16)20(26)24-12-15-7-8-19(18(21)11-15)27-17-6-4-9-22-13-17/h2-11,13H,12,14H2,1H3,(H,24,26). The van der Waals surface area contributed by atoms with Gasteiger partial charge in [-0.2, -0.15) is 0 Å². The molecule has 0 saturated carbocycles. The number of urea groups is 1. The van der Waals surface area contributed by atoms with Gasteiger partial charge in [0.05, 0.1) is 18.4 Å². The smallest absolute Gasteiger partial charge is 0.317 e. The van der Waals surface area contributed by atoms with Crippen LogP contribution in [0.1, 0.15) is 11.3 Å². The second-order valence-electron chi connectivity index (χ2n) is 5.89. The molecule has 7 heteroatoms. The van der Waals surface area contributed by atoms with Crippen molar-refractivity contribution in [1.82, 2.24) is 20.2 Å². The third-order valence-corrected chi connectivity index (χ3v) is 3.77. The van der Waals surface area contributed by atoms with Gasteiger partial charge in [-0.1, -0.05) is 12.1 Å². The van der Waals surface area contributed by atoms with Gasteiger partial charge >= 0.3 is 6.03 Å². The molecule has 1 aromatic carbocycles. The lowest BCUT2D eigenvalue weighted by Gasteiger charge is -2.17. The average molecular weight is 366 g/mol. The second kappa shape index (κ2) is 8.75. The fourth-order valence-electron chi connectivity index (χ4n) is 2.39. The highest BCUT2D eigenvalue weighted by Gasteiger charge is 2.11. The van der Waals surface area contributed by atoms with Crippen molar-refractivity contribution in [2.75, 3.05) is 7.05 Å². The van der Waals surface area contributed by atoms with Crippen LogP contribution in [-0.2, 0) is 13.1 Å². The Morgan fingerprint density at radius 2 is 2.07 bits per heavy atom. The van der Waals surface area contributed by atoms with E-state index >= 15 is 0 Å². The molecule has 2 aromatic heterocycles. The summed E-state index contributed by atoms with van der Waals surface area (Å²) in [6.45, 7) is 0.592. The summed E-state index contributed by atoms with van der Waals surface area (Å²) >= 11 is 0. The van der Waals surface area contributed by atoms with Crippen molar-refractivity contribution >= 4 is 6.03 Å². The Bertz CT molecular complexity index is 891. The van der Waals surface area contributed by atoms with Gasteiger partial charge in [0.1, 0.15) is 5.75 Å². The summed E-state index contributed by atoms with van der Waals surface area (Å²) in [5.74, 6) is 0.0476. The Kier molecular flexibility index (Phi) is 5.94. The van der Waals surface area contributed by atoms with Gasteiger partial charge in [0.15, 0.2) is 11.6 Å². The van der Waals surface area contributed by atoms with Crippen LogP contribution in [-0.4, -0.2) is 27.9 Å². The van der Waals surface area contributed by atoms with E-state index in [-0.39, 0.29) is 18.3 Å². The molecule has 27 heavy (non-hydrogen) atoms. The van der Waals surface area contributed by atoms with E-state index in [0.29, 0.717) is 17.9 Å². The zero-order valence-corrected chi connectivity index (χ0v) is 14.8. The van der Waals surface area contributed by atoms with Crippen LogP contribution in [0.5, 0.6) is 11.5 Å². The van der Waals surface area contributed by atoms with E-state index in [0.717, 1.165) is 5.69 Å². The molecule has 6 nitrogen and oxygen atoms in total. The topological polar surface area (TPSA) is 67.4 Å². The van der Waals surface area contributed by atoms with Crippen LogP contribution in [0.2, 0.25) is 0 Å². The molecule has 0 atom stereocenters. The van der Waals surface area contributed by atoms with Crippen molar-refractivity contribution in [2.24, 2.45) is 0 Å². The monoisotopic (exact) mass is 366 g/mol. The molecule has 0 aliphatic carbocycles. The summed E-state index contributed by atoms with van der Waals surface area (Å²) in [6, 6.07) is 13.2. The molecule has 0 radical (unpaired) electrons. The van der Waals surface area contributed by atoms with Gasteiger partial charge in [-0.3, -0.25) is 9.97 Å². The first-order chi connectivity index (χ1) is 13.1. The number of rotatable bonds is 6. The molecule has 0 unspecified atom stereocenters. The molecule has 0 bridgehead atoms. The lowest BCUT2D eigenvalue weighted by molar-refractivity contribution is 0.206. The van der Waals surface area contributed by atoms with E-state index in [1.807, 2.05) is 18.2 Å². The maximum absolute atomic E-state index is 14.2. The number of hydrogen-bond acceptors (Lipinski definition) is 4. The SMILES string of the molecule is CN(Cc1ccccn1)C(=O)NCc1ccc(Oc2cccnc2)c(F)c1. The summed E-state index contributed by atoms with van der Waals surface area (Å²) < 4.78 is 19.7. The number of pyridine rings is 2. The minimum Gasteiger partial charge on any atom is -0.453 e. The third-order valence-electron chi connectivity index (χ3n) is 3.77. The van der Waals surface area contributed by atoms with Gasteiger partial charge < -0.3 is 15.0 Å². The Morgan fingerprint density at radius 1 is 1.19 bits per heavy atom. The molecule has 1 N–H and O–H groups in total. The predicted octanol–water partition coefficient (Wildman–Crippen LogP) is 3.75. The van der Waals surface area contributed by atoms with E-state index in [9.17, 15) is 9.18 Å². The molecule has 3 rings (SSSR count). The predicted molar refractivity (Wildman–Crippen MR) is 98.7 cm³/mol. The van der Waals surface area contributed by atoms with Crippen LogP contribution in [0.25, 0.3) is 0 Å². The van der Waals surface area contributed by atoms with Crippen molar-refractivity contribution < 1.29 is 13.9 Å². The van der Waals surface area contributed by atoms with Crippen LogP contribution in [0, 0.1) is 5.82 Å². The molecule has 0 aliphatic heterocycles. The molecule has 0 spiro atoms. The number of amides is 2. The molecular formula is C20H19FN4O2. The van der Waals surface area contributed by atoms with E-state index in [1.165, 1.54) is 23.2 Å². The van der Waals surface area contributed by atoms with Gasteiger partial charge in [-0.25, -0.2) is 9.18 Å². The molecular weight excluding hydrogens is 347 g/mol. The number of halogens is 1. The number of nitrogens with zero attached hydrogens (tertiary/aromatic N) is 3. The fourth-order valence-corrected chi connectivity index (χ4v) is 2.39. The van der Waals surface area contributed by atoms with E-state index in [1.54, 1.807) is 37.6 Å². The van der Waals surface area contributed by atoms with Gasteiger partial charge in [-0.15, -0.1) is 0 Å². The Morgan fingerprint density at radius 3 is 2.78 bits per heavy atom. The second-order valence-corrected chi connectivity index (χ2v) is 5.89. The first kappa shape index (κ1) is 18.3. The third kappa shape index (κ3) is 5.24. The average Bonchev–Trinajstić information content (AvgIpc) is 2.69. The van der Waals surface area contributed by atoms with E-state index < -0.39 is 5.82 Å². The number of nitrogens with one attached hydrogen (secondary N) is 1. The quantitative estimate of drug-likeness (QED) is 0.721. The van der Waals surface area contributed by atoms with Gasteiger partial charge in [0.25, 0.3) is 0 Å². The van der Waals surface area contributed by atoms with E-state index in [4.69, 9.17) is 4.74 Å². The Labute approximate surface area is 156 Å². The highest BCUT2D eigenvalue weighted by molar-refractivity contribution is 5.73. The summed E-state index contributed by atoms with van der Waals surface area (Å²) in [4.78, 5) is 21.8. The Hall–Kier alpha value is -3.48. The minimum atomic E-state index is -0.507. The fraction of sp³-hybridized carbons (Fsp3) is 0.150. The summed E-state index contributed by atoms with van der Waals surface area (Å²) in [5, 5.41) is 2.76. The van der Waals surface area contributed by atoms with Gasteiger partial charge in [0, 0.05) is 26.0 Å². The van der Waals surface area contributed by atoms with Gasteiger partial charge in [-0.05, 0) is 42.0 Å². The summed E-state index contributed by atoms with van der Waals surface area (Å²) in [7, 11) is 1.68. The first-order valence-electron chi connectivity index (χ1n) is 8.37. The zero-order chi connectivity index (χ0) is 19.1. The van der Waals surface area contributed by atoms with Crippen molar-refractivity contribution in [2.45, 2.75) is 13.1 Å². The van der Waals surface area contributed by atoms with Crippen molar-refractivity contribution in [3.05, 3.63) is 84.2 Å². The molecule has 0 aliphatic rings. The number of carbonyl (C=O) groups is 1. The van der Waals surface area contributed by atoms with Gasteiger partial charge in [0.2, 0.25) is 0 Å². The molecule has 138 valence electrons. The number of benzene rings is 1. The van der Waals surface area contributed by atoms with Crippen LogP contribution >= 0.6 is 0 Å². The summed E-state index contributed by atoms with van der Waals surface area (Å²) in [6.07, 6.45) is 4.80. The van der Waals surface area contributed by atoms with Crippen LogP contribution < -0.4 is 10.1 Å². The number of ether oxygens (including phenoxy) is 1. The molecule has 2 heterocycles. The Balaban J connectivity index is 1.54. The highest BCUT2D eigenvalue weighted by atomic mass is 19.1. The molecule has 2 amide bonds. The highest BCUT2D eigenvalue weighted by Crippen LogP contribution is 2.24. The normalized spacial score (nSPS) is 10.3.